The van der Waals surface area contributed by atoms with Crippen LogP contribution in [-0.4, -0.2) is 33.1 Å². The monoisotopic (exact) mass is 302 g/mol. The Labute approximate surface area is 132 Å². The van der Waals surface area contributed by atoms with E-state index in [0.717, 1.165) is 56.0 Å². The summed E-state index contributed by atoms with van der Waals surface area (Å²) < 4.78 is 5.40. The summed E-state index contributed by atoms with van der Waals surface area (Å²) in [4.78, 5) is 10.6. The Morgan fingerprint density at radius 3 is 2.50 bits per heavy atom. The molecular weight excluding hydrogens is 276 g/mol. The molecule has 22 heavy (non-hydrogen) atoms. The second kappa shape index (κ2) is 6.24. The summed E-state index contributed by atoms with van der Waals surface area (Å²) in [7, 11) is 0. The summed E-state index contributed by atoms with van der Waals surface area (Å²) in [5.74, 6) is 2.78. The first-order valence-corrected chi connectivity index (χ1v) is 8.28. The molecule has 1 saturated heterocycles. The first-order chi connectivity index (χ1) is 10.6. The maximum atomic E-state index is 5.40. The SMILES string of the molecule is CCc1onc(C)c1CN1CCC(c2nc(C)c(C)[nH]2)CC1. The van der Waals surface area contributed by atoms with Crippen LogP contribution >= 0.6 is 0 Å². The molecule has 0 atom stereocenters. The number of nitrogens with one attached hydrogen (secondary N) is 1. The Morgan fingerprint density at radius 1 is 1.18 bits per heavy atom. The number of hydrogen-bond donors (Lipinski definition) is 1. The van der Waals surface area contributed by atoms with Crippen molar-refractivity contribution in [1.29, 1.82) is 0 Å². The third kappa shape index (κ3) is 2.95. The minimum absolute atomic E-state index is 0.567. The first kappa shape index (κ1) is 15.3. The highest BCUT2D eigenvalue weighted by atomic mass is 16.5. The molecule has 1 aliphatic heterocycles. The van der Waals surface area contributed by atoms with E-state index in [1.165, 1.54) is 17.1 Å². The van der Waals surface area contributed by atoms with Crippen molar-refractivity contribution in [2.24, 2.45) is 0 Å². The quantitative estimate of drug-likeness (QED) is 0.941. The van der Waals surface area contributed by atoms with Gasteiger partial charge in [-0.25, -0.2) is 4.98 Å². The topological polar surface area (TPSA) is 58.0 Å². The highest BCUT2D eigenvalue weighted by molar-refractivity contribution is 5.22. The molecule has 0 aliphatic carbocycles. The molecule has 1 fully saturated rings. The molecule has 0 aromatic carbocycles. The normalized spacial score (nSPS) is 17.3. The molecule has 1 aliphatic rings. The average Bonchev–Trinajstić information content (AvgIpc) is 3.04. The number of rotatable bonds is 4. The molecule has 0 amide bonds. The van der Waals surface area contributed by atoms with Gasteiger partial charge in [-0.3, -0.25) is 4.90 Å². The lowest BCUT2D eigenvalue weighted by atomic mass is 9.95. The number of aromatic amines is 1. The Kier molecular flexibility index (Phi) is 4.34. The van der Waals surface area contributed by atoms with Crippen molar-refractivity contribution in [3.05, 3.63) is 34.2 Å². The predicted octanol–water partition coefficient (Wildman–Crippen LogP) is 3.26. The Balaban J connectivity index is 1.61. The van der Waals surface area contributed by atoms with E-state index in [1.807, 2.05) is 6.92 Å². The van der Waals surface area contributed by atoms with Crippen molar-refractivity contribution in [3.8, 4) is 0 Å². The summed E-state index contributed by atoms with van der Waals surface area (Å²) in [5, 5.41) is 4.11. The fourth-order valence-electron chi connectivity index (χ4n) is 3.27. The van der Waals surface area contributed by atoms with Gasteiger partial charge >= 0.3 is 0 Å². The Hall–Kier alpha value is -1.62. The van der Waals surface area contributed by atoms with Gasteiger partial charge in [-0.2, -0.15) is 0 Å². The van der Waals surface area contributed by atoms with Gasteiger partial charge in [0.25, 0.3) is 0 Å². The largest absolute Gasteiger partial charge is 0.361 e. The minimum atomic E-state index is 0.567. The molecule has 120 valence electrons. The Bertz CT molecular complexity index is 616. The fourth-order valence-corrected chi connectivity index (χ4v) is 3.27. The van der Waals surface area contributed by atoms with Crippen molar-refractivity contribution < 1.29 is 4.52 Å². The predicted molar refractivity (Wildman–Crippen MR) is 85.9 cm³/mol. The molecule has 0 saturated carbocycles. The zero-order chi connectivity index (χ0) is 15.7. The third-order valence-corrected chi connectivity index (χ3v) is 4.89. The molecule has 2 aromatic heterocycles. The zero-order valence-corrected chi connectivity index (χ0v) is 14.1. The zero-order valence-electron chi connectivity index (χ0n) is 14.1. The highest BCUT2D eigenvalue weighted by Crippen LogP contribution is 2.28. The maximum absolute atomic E-state index is 5.40. The number of likely N-dealkylation sites (tertiary alicyclic amines) is 1. The van der Waals surface area contributed by atoms with Gasteiger partial charge < -0.3 is 9.51 Å². The van der Waals surface area contributed by atoms with Gasteiger partial charge in [0, 0.05) is 30.1 Å². The van der Waals surface area contributed by atoms with E-state index >= 15 is 0 Å². The number of nitrogens with zero attached hydrogens (tertiary/aromatic N) is 3. The van der Waals surface area contributed by atoms with Crippen LogP contribution in [0.15, 0.2) is 4.52 Å². The smallest absolute Gasteiger partial charge is 0.141 e. The summed E-state index contributed by atoms with van der Waals surface area (Å²) in [5.41, 5.74) is 4.65. The van der Waals surface area contributed by atoms with E-state index in [9.17, 15) is 0 Å². The van der Waals surface area contributed by atoms with E-state index in [4.69, 9.17) is 4.52 Å². The molecule has 0 spiro atoms. The van der Waals surface area contributed by atoms with Crippen LogP contribution < -0.4 is 0 Å². The molecule has 2 aromatic rings. The van der Waals surface area contributed by atoms with Gasteiger partial charge in [-0.15, -0.1) is 0 Å². The summed E-state index contributed by atoms with van der Waals surface area (Å²) in [6, 6.07) is 0. The van der Waals surface area contributed by atoms with Crippen molar-refractivity contribution in [2.45, 2.75) is 59.4 Å². The number of H-pyrrole nitrogens is 1. The lowest BCUT2D eigenvalue weighted by molar-refractivity contribution is 0.200. The molecule has 0 radical (unpaired) electrons. The standard InChI is InChI=1S/C17H26N4O/c1-5-16-15(13(4)20-22-16)10-21-8-6-14(7-9-21)17-18-11(2)12(3)19-17/h14H,5-10H2,1-4H3,(H,18,19). The van der Waals surface area contributed by atoms with Crippen LogP contribution in [0.5, 0.6) is 0 Å². The van der Waals surface area contributed by atoms with Crippen LogP contribution in [0.3, 0.4) is 0 Å². The van der Waals surface area contributed by atoms with E-state index in [0.29, 0.717) is 5.92 Å². The lowest BCUT2D eigenvalue weighted by Crippen LogP contribution is -2.33. The van der Waals surface area contributed by atoms with Crippen molar-refractivity contribution in [2.75, 3.05) is 13.1 Å². The van der Waals surface area contributed by atoms with Crippen LogP contribution in [0.25, 0.3) is 0 Å². The third-order valence-electron chi connectivity index (χ3n) is 4.89. The molecule has 3 heterocycles. The molecule has 0 unspecified atom stereocenters. The second-order valence-electron chi connectivity index (χ2n) is 6.41. The molecule has 5 heteroatoms. The lowest BCUT2D eigenvalue weighted by Gasteiger charge is -2.31. The number of aryl methyl sites for hydroxylation is 4. The number of hydrogen-bond acceptors (Lipinski definition) is 4. The van der Waals surface area contributed by atoms with Gasteiger partial charge in [0.2, 0.25) is 0 Å². The van der Waals surface area contributed by atoms with Crippen molar-refractivity contribution in [3.63, 3.8) is 0 Å². The minimum Gasteiger partial charge on any atom is -0.361 e. The van der Waals surface area contributed by atoms with Gasteiger partial charge in [0.15, 0.2) is 0 Å². The number of aromatic nitrogens is 3. The summed E-state index contributed by atoms with van der Waals surface area (Å²) in [6.07, 6.45) is 3.24. The van der Waals surface area contributed by atoms with Gasteiger partial charge in [0.05, 0.1) is 11.4 Å². The van der Waals surface area contributed by atoms with Crippen LogP contribution in [0, 0.1) is 20.8 Å². The molecular formula is C17H26N4O. The van der Waals surface area contributed by atoms with Crippen molar-refractivity contribution >= 4 is 0 Å². The molecule has 5 nitrogen and oxygen atoms in total. The second-order valence-corrected chi connectivity index (χ2v) is 6.41. The van der Waals surface area contributed by atoms with Crippen LogP contribution in [0.2, 0.25) is 0 Å². The maximum Gasteiger partial charge on any atom is 0.141 e. The van der Waals surface area contributed by atoms with Crippen molar-refractivity contribution in [1.82, 2.24) is 20.0 Å². The van der Waals surface area contributed by atoms with Crippen LogP contribution in [0.4, 0.5) is 0 Å². The van der Waals surface area contributed by atoms with E-state index in [2.05, 4.69) is 40.8 Å². The number of imidazole rings is 1. The average molecular weight is 302 g/mol. The highest BCUT2D eigenvalue weighted by Gasteiger charge is 2.24. The van der Waals surface area contributed by atoms with E-state index in [-0.39, 0.29) is 0 Å². The number of piperidine rings is 1. The summed E-state index contributed by atoms with van der Waals surface area (Å²) in [6.45, 7) is 11.5. The van der Waals surface area contributed by atoms with E-state index in [1.54, 1.807) is 0 Å². The van der Waals surface area contributed by atoms with Crippen LogP contribution in [0.1, 0.15) is 59.9 Å². The Morgan fingerprint density at radius 2 is 1.91 bits per heavy atom. The van der Waals surface area contributed by atoms with E-state index < -0.39 is 0 Å². The molecule has 0 bridgehead atoms. The molecule has 3 rings (SSSR count). The van der Waals surface area contributed by atoms with Crippen LogP contribution in [-0.2, 0) is 13.0 Å². The van der Waals surface area contributed by atoms with Gasteiger partial charge in [0.1, 0.15) is 11.6 Å². The molecule has 1 N–H and O–H groups in total. The fraction of sp³-hybridized carbons (Fsp3) is 0.647. The summed E-state index contributed by atoms with van der Waals surface area (Å²) >= 11 is 0. The van der Waals surface area contributed by atoms with Gasteiger partial charge in [-0.1, -0.05) is 12.1 Å². The van der Waals surface area contributed by atoms with Gasteiger partial charge in [-0.05, 0) is 46.7 Å². The first-order valence-electron chi connectivity index (χ1n) is 8.28.